The van der Waals surface area contributed by atoms with Gasteiger partial charge in [0.25, 0.3) is 0 Å². The van der Waals surface area contributed by atoms with Gasteiger partial charge < -0.3 is 24.9 Å². The molecule has 0 saturated heterocycles. The molecule has 0 fully saturated rings. The minimum absolute atomic E-state index is 0.159. The standard InChI is InChI=1S/C24H24N6O3S/c1-17-28-29-24(30(17)15-18-6-3-2-4-7-18)34-16-22(31)26-19-9-11-20(12-10-19)27-23(32)25-14-21-8-5-13-33-21/h2-13H,14-16H2,1H3,(H,26,31)(H2,25,27,32). The number of aryl methyl sites for hydroxylation is 1. The van der Waals surface area contributed by atoms with Gasteiger partial charge in [0.05, 0.1) is 25.1 Å². The Bertz CT molecular complexity index is 1220. The van der Waals surface area contributed by atoms with Crippen LogP contribution in [-0.4, -0.2) is 32.5 Å². The van der Waals surface area contributed by atoms with Crippen molar-refractivity contribution in [3.05, 3.63) is 90.1 Å². The maximum Gasteiger partial charge on any atom is 0.319 e. The molecule has 0 aliphatic heterocycles. The van der Waals surface area contributed by atoms with E-state index in [0.29, 0.717) is 35.4 Å². The number of furan rings is 1. The van der Waals surface area contributed by atoms with Crippen LogP contribution in [0.4, 0.5) is 16.2 Å². The number of urea groups is 1. The van der Waals surface area contributed by atoms with Crippen LogP contribution in [0, 0.1) is 6.92 Å². The molecule has 3 amide bonds. The number of anilines is 2. The lowest BCUT2D eigenvalue weighted by molar-refractivity contribution is -0.113. The summed E-state index contributed by atoms with van der Waals surface area (Å²) < 4.78 is 7.17. The number of thioether (sulfide) groups is 1. The number of benzene rings is 2. The van der Waals surface area contributed by atoms with Crippen molar-refractivity contribution in [2.75, 3.05) is 16.4 Å². The van der Waals surface area contributed by atoms with Gasteiger partial charge in [-0.2, -0.15) is 0 Å². The summed E-state index contributed by atoms with van der Waals surface area (Å²) in [6.07, 6.45) is 1.55. The van der Waals surface area contributed by atoms with Gasteiger partial charge in [-0.15, -0.1) is 10.2 Å². The molecule has 0 unspecified atom stereocenters. The molecule has 0 bridgehead atoms. The van der Waals surface area contributed by atoms with Crippen molar-refractivity contribution in [2.24, 2.45) is 0 Å². The maximum absolute atomic E-state index is 12.4. The lowest BCUT2D eigenvalue weighted by Crippen LogP contribution is -2.27. The van der Waals surface area contributed by atoms with Crippen molar-refractivity contribution in [3.63, 3.8) is 0 Å². The minimum atomic E-state index is -0.348. The second-order valence-electron chi connectivity index (χ2n) is 7.40. The first-order valence-electron chi connectivity index (χ1n) is 10.6. The molecule has 2 aromatic carbocycles. The fourth-order valence-electron chi connectivity index (χ4n) is 3.14. The largest absolute Gasteiger partial charge is 0.467 e. The van der Waals surface area contributed by atoms with E-state index in [1.807, 2.05) is 41.8 Å². The number of hydrogen-bond acceptors (Lipinski definition) is 6. The molecule has 9 nitrogen and oxygen atoms in total. The number of nitrogens with zero attached hydrogens (tertiary/aromatic N) is 3. The number of aromatic nitrogens is 3. The van der Waals surface area contributed by atoms with Crippen molar-refractivity contribution in [1.29, 1.82) is 0 Å². The number of carbonyl (C=O) groups excluding carboxylic acids is 2. The van der Waals surface area contributed by atoms with Crippen LogP contribution in [-0.2, 0) is 17.9 Å². The molecule has 4 aromatic rings. The fourth-order valence-corrected chi connectivity index (χ4v) is 3.92. The van der Waals surface area contributed by atoms with E-state index < -0.39 is 0 Å². The smallest absolute Gasteiger partial charge is 0.319 e. The number of nitrogens with one attached hydrogen (secondary N) is 3. The first-order chi connectivity index (χ1) is 16.6. The van der Waals surface area contributed by atoms with E-state index in [1.165, 1.54) is 11.8 Å². The van der Waals surface area contributed by atoms with E-state index in [-0.39, 0.29) is 17.7 Å². The Hall–Kier alpha value is -4.05. The summed E-state index contributed by atoms with van der Waals surface area (Å²) in [5, 5.41) is 17.3. The summed E-state index contributed by atoms with van der Waals surface area (Å²) in [5.74, 6) is 1.50. The monoisotopic (exact) mass is 476 g/mol. The molecule has 3 N–H and O–H groups in total. The molecule has 174 valence electrons. The highest BCUT2D eigenvalue weighted by atomic mass is 32.2. The third-order valence-corrected chi connectivity index (χ3v) is 5.81. The molecule has 10 heteroatoms. The van der Waals surface area contributed by atoms with Gasteiger partial charge in [0.2, 0.25) is 5.91 Å². The van der Waals surface area contributed by atoms with Crippen molar-refractivity contribution in [1.82, 2.24) is 20.1 Å². The summed E-state index contributed by atoms with van der Waals surface area (Å²) in [7, 11) is 0. The number of amides is 3. The summed E-state index contributed by atoms with van der Waals surface area (Å²) in [5.41, 5.74) is 2.38. The molecule has 0 aliphatic rings. The molecule has 34 heavy (non-hydrogen) atoms. The van der Waals surface area contributed by atoms with Gasteiger partial charge in [-0.25, -0.2) is 4.79 Å². The molecule has 2 aromatic heterocycles. The van der Waals surface area contributed by atoms with E-state index in [2.05, 4.69) is 26.1 Å². The van der Waals surface area contributed by atoms with Crippen LogP contribution in [0.1, 0.15) is 17.1 Å². The quantitative estimate of drug-likeness (QED) is 0.311. The van der Waals surface area contributed by atoms with Crippen molar-refractivity contribution < 1.29 is 14.0 Å². The van der Waals surface area contributed by atoms with Gasteiger partial charge in [0.1, 0.15) is 11.6 Å². The minimum Gasteiger partial charge on any atom is -0.467 e. The average Bonchev–Trinajstić information content (AvgIpc) is 3.49. The first-order valence-corrected chi connectivity index (χ1v) is 11.6. The van der Waals surface area contributed by atoms with Crippen LogP contribution in [0.15, 0.2) is 82.6 Å². The maximum atomic E-state index is 12.4. The van der Waals surface area contributed by atoms with Crippen LogP contribution < -0.4 is 16.0 Å². The zero-order chi connectivity index (χ0) is 23.8. The van der Waals surface area contributed by atoms with Gasteiger partial charge in [-0.1, -0.05) is 42.1 Å². The highest BCUT2D eigenvalue weighted by molar-refractivity contribution is 7.99. The lowest BCUT2D eigenvalue weighted by atomic mass is 10.2. The lowest BCUT2D eigenvalue weighted by Gasteiger charge is -2.10. The Morgan fingerprint density at radius 2 is 1.68 bits per heavy atom. The van der Waals surface area contributed by atoms with Crippen molar-refractivity contribution in [2.45, 2.75) is 25.2 Å². The summed E-state index contributed by atoms with van der Waals surface area (Å²) in [6.45, 7) is 2.84. The topological polar surface area (TPSA) is 114 Å². The fraction of sp³-hybridized carbons (Fsp3) is 0.167. The zero-order valence-electron chi connectivity index (χ0n) is 18.5. The third-order valence-electron chi connectivity index (χ3n) is 4.85. The van der Waals surface area contributed by atoms with Crippen molar-refractivity contribution in [3.8, 4) is 0 Å². The van der Waals surface area contributed by atoms with E-state index in [0.717, 1.165) is 11.4 Å². The zero-order valence-corrected chi connectivity index (χ0v) is 19.3. The Labute approximate surface area is 201 Å². The highest BCUT2D eigenvalue weighted by Gasteiger charge is 2.12. The predicted octanol–water partition coefficient (Wildman–Crippen LogP) is 4.28. The number of hydrogen-bond donors (Lipinski definition) is 3. The van der Waals surface area contributed by atoms with Crippen LogP contribution in [0.2, 0.25) is 0 Å². The van der Waals surface area contributed by atoms with Crippen LogP contribution in [0.25, 0.3) is 0 Å². The van der Waals surface area contributed by atoms with Gasteiger partial charge in [-0.3, -0.25) is 4.79 Å². The van der Waals surface area contributed by atoms with Crippen LogP contribution >= 0.6 is 11.8 Å². The molecule has 0 saturated carbocycles. The Balaban J connectivity index is 1.25. The van der Waals surface area contributed by atoms with E-state index in [1.54, 1.807) is 42.7 Å². The average molecular weight is 477 g/mol. The molecular formula is C24H24N6O3S. The number of carbonyl (C=O) groups is 2. The Kier molecular flexibility index (Phi) is 7.61. The van der Waals surface area contributed by atoms with Gasteiger partial charge in [0, 0.05) is 11.4 Å². The SMILES string of the molecule is Cc1nnc(SCC(=O)Nc2ccc(NC(=O)NCc3ccco3)cc2)n1Cc1ccccc1. The van der Waals surface area contributed by atoms with E-state index in [4.69, 9.17) is 4.42 Å². The van der Waals surface area contributed by atoms with Gasteiger partial charge in [0.15, 0.2) is 5.16 Å². The third kappa shape index (κ3) is 6.48. The summed E-state index contributed by atoms with van der Waals surface area (Å²) >= 11 is 1.33. The molecular weight excluding hydrogens is 452 g/mol. The molecule has 0 atom stereocenters. The van der Waals surface area contributed by atoms with Crippen molar-refractivity contribution >= 4 is 35.1 Å². The highest BCUT2D eigenvalue weighted by Crippen LogP contribution is 2.20. The normalized spacial score (nSPS) is 10.6. The molecule has 0 radical (unpaired) electrons. The molecule has 2 heterocycles. The number of rotatable bonds is 9. The first kappa shape index (κ1) is 23.1. The second-order valence-corrected chi connectivity index (χ2v) is 8.35. The van der Waals surface area contributed by atoms with E-state index in [9.17, 15) is 9.59 Å². The summed E-state index contributed by atoms with van der Waals surface area (Å²) in [4.78, 5) is 24.4. The molecule has 0 aliphatic carbocycles. The summed E-state index contributed by atoms with van der Waals surface area (Å²) in [6, 6.07) is 20.1. The Morgan fingerprint density at radius 3 is 2.38 bits per heavy atom. The predicted molar refractivity (Wildman–Crippen MR) is 131 cm³/mol. The molecule has 0 spiro atoms. The van der Waals surface area contributed by atoms with Crippen LogP contribution in [0.5, 0.6) is 0 Å². The Morgan fingerprint density at radius 1 is 0.941 bits per heavy atom. The van der Waals surface area contributed by atoms with Crippen LogP contribution in [0.3, 0.4) is 0 Å². The second kappa shape index (κ2) is 11.2. The molecule has 4 rings (SSSR count). The van der Waals surface area contributed by atoms with E-state index >= 15 is 0 Å². The van der Waals surface area contributed by atoms with Gasteiger partial charge in [-0.05, 0) is 48.9 Å². The van der Waals surface area contributed by atoms with Gasteiger partial charge >= 0.3 is 6.03 Å².